The number of benzene rings is 1. The monoisotopic (exact) mass is 447 g/mol. The normalized spacial score (nSPS) is 18.7. The Morgan fingerprint density at radius 1 is 1.06 bits per heavy atom. The number of amides is 2. The van der Waals surface area contributed by atoms with E-state index in [0.29, 0.717) is 19.0 Å². The Bertz CT molecular complexity index is 1180. The molecule has 1 aliphatic heterocycles. The predicted octanol–water partition coefficient (Wildman–Crippen LogP) is 5.11. The molecule has 1 aromatic carbocycles. The Hall–Kier alpha value is -2.67. The molecule has 2 aliphatic carbocycles. The molecule has 3 aromatic rings. The fraction of sp³-hybridized carbons (Fsp3) is 0.480. The van der Waals surface area contributed by atoms with Crippen molar-refractivity contribution in [2.45, 2.75) is 51.4 Å². The maximum Gasteiger partial charge on any atom is 0.321 e. The molecule has 2 fully saturated rings. The summed E-state index contributed by atoms with van der Waals surface area (Å²) in [6.07, 6.45) is 7.29. The van der Waals surface area contributed by atoms with Gasteiger partial charge in [0.1, 0.15) is 16.5 Å². The molecule has 32 heavy (non-hydrogen) atoms. The van der Waals surface area contributed by atoms with Gasteiger partial charge in [0.05, 0.1) is 5.39 Å². The number of hydrogen-bond acceptors (Lipinski definition) is 5. The standard InChI is InChI=1S/C25H29N5OS/c1-16-6-2-4-8-19(16)26-25(31)30-14-12-29(13-15-30)23-21-18-7-3-5-9-20(18)32-24(21)28-22(27-23)17-10-11-17/h2,4,6,8,17H,3,5,7,9-15H2,1H3,(H,26,31). The average Bonchev–Trinajstić information content (AvgIpc) is 3.60. The van der Waals surface area contributed by atoms with Crippen LogP contribution < -0.4 is 10.2 Å². The highest BCUT2D eigenvalue weighted by Crippen LogP contribution is 2.44. The number of rotatable bonds is 3. The van der Waals surface area contributed by atoms with Gasteiger partial charge in [-0.3, -0.25) is 0 Å². The molecule has 7 heteroatoms. The van der Waals surface area contributed by atoms with Crippen LogP contribution in [0.15, 0.2) is 24.3 Å². The smallest absolute Gasteiger partial charge is 0.321 e. The first kappa shape index (κ1) is 20.0. The average molecular weight is 448 g/mol. The largest absolute Gasteiger partial charge is 0.352 e. The van der Waals surface area contributed by atoms with Crippen LogP contribution in [0.2, 0.25) is 0 Å². The van der Waals surface area contributed by atoms with E-state index in [4.69, 9.17) is 9.97 Å². The molecule has 6 rings (SSSR count). The quantitative estimate of drug-likeness (QED) is 0.606. The number of aryl methyl sites for hydroxylation is 3. The molecule has 2 amide bonds. The molecule has 3 heterocycles. The van der Waals surface area contributed by atoms with E-state index in [1.165, 1.54) is 52.8 Å². The van der Waals surface area contributed by atoms with Gasteiger partial charge in [-0.05, 0) is 62.6 Å². The summed E-state index contributed by atoms with van der Waals surface area (Å²) in [6.45, 7) is 5.04. The van der Waals surface area contributed by atoms with E-state index in [9.17, 15) is 4.79 Å². The van der Waals surface area contributed by atoms with Crippen LogP contribution in [0.3, 0.4) is 0 Å². The predicted molar refractivity (Wildman–Crippen MR) is 130 cm³/mol. The van der Waals surface area contributed by atoms with Gasteiger partial charge in [-0.1, -0.05) is 18.2 Å². The number of fused-ring (bicyclic) bond motifs is 3. The molecule has 0 atom stereocenters. The molecule has 6 nitrogen and oxygen atoms in total. The van der Waals surface area contributed by atoms with E-state index in [0.717, 1.165) is 42.4 Å². The van der Waals surface area contributed by atoms with E-state index >= 15 is 0 Å². The summed E-state index contributed by atoms with van der Waals surface area (Å²) in [5.74, 6) is 2.69. The number of carbonyl (C=O) groups excluding carboxylic acids is 1. The second-order valence-corrected chi connectivity index (χ2v) is 10.4. The first-order chi connectivity index (χ1) is 15.7. The van der Waals surface area contributed by atoms with Crippen molar-refractivity contribution in [2.24, 2.45) is 0 Å². The van der Waals surface area contributed by atoms with Crippen LogP contribution in [-0.2, 0) is 12.8 Å². The summed E-state index contributed by atoms with van der Waals surface area (Å²) in [4.78, 5) is 30.0. The molecule has 1 saturated carbocycles. The lowest BCUT2D eigenvalue weighted by molar-refractivity contribution is 0.208. The van der Waals surface area contributed by atoms with Crippen molar-refractivity contribution in [1.82, 2.24) is 14.9 Å². The van der Waals surface area contributed by atoms with Crippen LogP contribution >= 0.6 is 11.3 Å². The molecule has 1 saturated heterocycles. The van der Waals surface area contributed by atoms with E-state index in [-0.39, 0.29) is 6.03 Å². The lowest BCUT2D eigenvalue weighted by Crippen LogP contribution is -2.50. The third-order valence-corrected chi connectivity index (χ3v) is 8.19. The van der Waals surface area contributed by atoms with Gasteiger partial charge in [0.15, 0.2) is 0 Å². The van der Waals surface area contributed by atoms with Gasteiger partial charge in [0, 0.05) is 42.7 Å². The second kappa shape index (κ2) is 8.03. The van der Waals surface area contributed by atoms with Crippen molar-refractivity contribution >= 4 is 39.1 Å². The summed E-state index contributed by atoms with van der Waals surface area (Å²) in [6, 6.07) is 7.91. The molecule has 166 valence electrons. The summed E-state index contributed by atoms with van der Waals surface area (Å²) >= 11 is 1.89. The lowest BCUT2D eigenvalue weighted by atomic mass is 9.97. The van der Waals surface area contributed by atoms with Gasteiger partial charge in [-0.2, -0.15) is 0 Å². The number of aromatic nitrogens is 2. The number of carbonyl (C=O) groups is 1. The first-order valence-corrected chi connectivity index (χ1v) is 12.7. The number of piperazine rings is 1. The van der Waals surface area contributed by atoms with Gasteiger partial charge >= 0.3 is 6.03 Å². The Morgan fingerprint density at radius 3 is 2.62 bits per heavy atom. The van der Waals surface area contributed by atoms with E-state index in [2.05, 4.69) is 10.2 Å². The zero-order valence-electron chi connectivity index (χ0n) is 18.6. The van der Waals surface area contributed by atoms with Gasteiger partial charge in [-0.25, -0.2) is 14.8 Å². The van der Waals surface area contributed by atoms with Crippen molar-refractivity contribution in [3.63, 3.8) is 0 Å². The molecule has 0 spiro atoms. The molecular formula is C25H29N5OS. The number of nitrogens with one attached hydrogen (secondary N) is 1. The van der Waals surface area contributed by atoms with E-state index in [1.807, 2.05) is 47.4 Å². The van der Waals surface area contributed by atoms with Crippen molar-refractivity contribution in [2.75, 3.05) is 36.4 Å². The first-order valence-electron chi connectivity index (χ1n) is 11.9. The minimum absolute atomic E-state index is 0.0154. The highest BCUT2D eigenvalue weighted by atomic mass is 32.1. The van der Waals surface area contributed by atoms with Crippen molar-refractivity contribution < 1.29 is 4.79 Å². The zero-order chi connectivity index (χ0) is 21.7. The molecular weight excluding hydrogens is 418 g/mol. The van der Waals surface area contributed by atoms with E-state index < -0.39 is 0 Å². The van der Waals surface area contributed by atoms with Gasteiger partial charge in [0.25, 0.3) is 0 Å². The SMILES string of the molecule is Cc1ccccc1NC(=O)N1CCN(c2nc(C3CC3)nc3sc4c(c23)CCCC4)CC1. The highest BCUT2D eigenvalue weighted by Gasteiger charge is 2.32. The number of anilines is 2. The molecule has 0 unspecified atom stereocenters. The maximum atomic E-state index is 12.8. The van der Waals surface area contributed by atoms with Crippen LogP contribution in [0.1, 0.15) is 53.4 Å². The van der Waals surface area contributed by atoms with Gasteiger partial charge < -0.3 is 15.1 Å². The fourth-order valence-electron chi connectivity index (χ4n) is 4.94. The van der Waals surface area contributed by atoms with Gasteiger partial charge in [0.2, 0.25) is 0 Å². The number of urea groups is 1. The third kappa shape index (κ3) is 3.62. The Morgan fingerprint density at radius 2 is 1.84 bits per heavy atom. The molecule has 2 aromatic heterocycles. The third-order valence-electron chi connectivity index (χ3n) is 7.01. The summed E-state index contributed by atoms with van der Waals surface area (Å²) < 4.78 is 0. The number of thiophene rings is 1. The summed E-state index contributed by atoms with van der Waals surface area (Å²) in [5.41, 5.74) is 3.46. The van der Waals surface area contributed by atoms with Crippen LogP contribution in [0.4, 0.5) is 16.3 Å². The van der Waals surface area contributed by atoms with Crippen LogP contribution in [0, 0.1) is 6.92 Å². The molecule has 0 radical (unpaired) electrons. The number of nitrogens with zero attached hydrogens (tertiary/aromatic N) is 4. The van der Waals surface area contributed by atoms with Crippen molar-refractivity contribution in [3.8, 4) is 0 Å². The number of hydrogen-bond donors (Lipinski definition) is 1. The Kier molecular flexibility index (Phi) is 5.01. The lowest BCUT2D eigenvalue weighted by Gasteiger charge is -2.36. The van der Waals surface area contributed by atoms with Crippen molar-refractivity contribution in [1.29, 1.82) is 0 Å². The summed E-state index contributed by atoms with van der Waals surface area (Å²) in [7, 11) is 0. The maximum absolute atomic E-state index is 12.8. The minimum Gasteiger partial charge on any atom is -0.352 e. The highest BCUT2D eigenvalue weighted by molar-refractivity contribution is 7.19. The molecule has 3 aliphatic rings. The Labute approximate surface area is 192 Å². The topological polar surface area (TPSA) is 61.4 Å². The Balaban J connectivity index is 1.24. The van der Waals surface area contributed by atoms with Crippen LogP contribution in [0.5, 0.6) is 0 Å². The fourth-order valence-corrected chi connectivity index (χ4v) is 6.20. The van der Waals surface area contributed by atoms with Crippen molar-refractivity contribution in [3.05, 3.63) is 46.1 Å². The minimum atomic E-state index is -0.0154. The molecule has 1 N–H and O–H groups in total. The van der Waals surface area contributed by atoms with Crippen LogP contribution in [0.25, 0.3) is 10.2 Å². The van der Waals surface area contributed by atoms with Crippen LogP contribution in [-0.4, -0.2) is 47.1 Å². The summed E-state index contributed by atoms with van der Waals surface area (Å²) in [5, 5.41) is 4.38. The second-order valence-electron chi connectivity index (χ2n) is 9.29. The zero-order valence-corrected chi connectivity index (χ0v) is 19.4. The van der Waals surface area contributed by atoms with Gasteiger partial charge in [-0.15, -0.1) is 11.3 Å². The van der Waals surface area contributed by atoms with E-state index in [1.54, 1.807) is 0 Å². The number of para-hydroxylation sites is 1. The molecule has 0 bridgehead atoms.